The van der Waals surface area contributed by atoms with Gasteiger partial charge in [-0.2, -0.15) is 0 Å². The summed E-state index contributed by atoms with van der Waals surface area (Å²) in [6.07, 6.45) is 2.80. The van der Waals surface area contributed by atoms with Crippen LogP contribution in [0.4, 0.5) is 5.69 Å². The molecule has 1 saturated carbocycles. The second-order valence-electron chi connectivity index (χ2n) is 6.31. The van der Waals surface area contributed by atoms with Gasteiger partial charge in [0.05, 0.1) is 11.1 Å². The number of nitrogen functional groups attached to an aromatic ring is 1. The number of imide groups is 1. The van der Waals surface area contributed by atoms with Crippen LogP contribution in [0.2, 0.25) is 0 Å². The van der Waals surface area contributed by atoms with E-state index in [0.29, 0.717) is 16.8 Å². The van der Waals surface area contributed by atoms with E-state index in [9.17, 15) is 9.59 Å². The molecule has 1 unspecified atom stereocenters. The van der Waals surface area contributed by atoms with Gasteiger partial charge in [0, 0.05) is 11.7 Å². The molecule has 1 aliphatic heterocycles. The van der Waals surface area contributed by atoms with Gasteiger partial charge in [0.25, 0.3) is 11.8 Å². The Morgan fingerprint density at radius 1 is 1.26 bits per heavy atom. The molecule has 1 aromatic rings. The molecule has 0 bridgehead atoms. The zero-order chi connectivity index (χ0) is 13.8. The molecule has 3 rings (SSSR count). The van der Waals surface area contributed by atoms with Crippen LogP contribution >= 0.6 is 0 Å². The van der Waals surface area contributed by atoms with Crippen LogP contribution in [0.1, 0.15) is 53.8 Å². The molecule has 4 nitrogen and oxygen atoms in total. The summed E-state index contributed by atoms with van der Waals surface area (Å²) in [6, 6.07) is 5.10. The van der Waals surface area contributed by atoms with E-state index in [1.807, 2.05) is 0 Å². The predicted molar refractivity (Wildman–Crippen MR) is 72.8 cm³/mol. The fraction of sp³-hybridized carbons (Fsp3) is 0.467. The molecule has 1 fully saturated rings. The Morgan fingerprint density at radius 3 is 2.58 bits per heavy atom. The normalized spacial score (nSPS) is 24.9. The van der Waals surface area contributed by atoms with Crippen molar-refractivity contribution in [2.24, 2.45) is 5.41 Å². The van der Waals surface area contributed by atoms with Gasteiger partial charge in [0.1, 0.15) is 0 Å². The fourth-order valence-corrected chi connectivity index (χ4v) is 3.28. The molecule has 2 N–H and O–H groups in total. The van der Waals surface area contributed by atoms with Gasteiger partial charge < -0.3 is 5.73 Å². The minimum absolute atomic E-state index is 0.0156. The lowest BCUT2D eigenvalue weighted by Gasteiger charge is -2.24. The Kier molecular flexibility index (Phi) is 2.46. The van der Waals surface area contributed by atoms with Gasteiger partial charge in [-0.25, -0.2) is 0 Å². The van der Waals surface area contributed by atoms with E-state index in [4.69, 9.17) is 5.73 Å². The van der Waals surface area contributed by atoms with E-state index in [0.717, 1.165) is 19.3 Å². The van der Waals surface area contributed by atoms with Gasteiger partial charge in [-0.05, 0) is 36.8 Å². The van der Waals surface area contributed by atoms with Crippen molar-refractivity contribution in [3.8, 4) is 0 Å². The van der Waals surface area contributed by atoms with Crippen molar-refractivity contribution in [2.45, 2.75) is 39.2 Å². The summed E-state index contributed by atoms with van der Waals surface area (Å²) in [5.74, 6) is -0.407. The number of rotatable bonds is 1. The van der Waals surface area contributed by atoms with Crippen molar-refractivity contribution in [3.05, 3.63) is 29.3 Å². The number of amides is 2. The summed E-state index contributed by atoms with van der Waals surface area (Å²) >= 11 is 0. The van der Waals surface area contributed by atoms with Gasteiger partial charge in [-0.3, -0.25) is 14.5 Å². The van der Waals surface area contributed by atoms with Crippen LogP contribution in [-0.2, 0) is 0 Å². The zero-order valence-corrected chi connectivity index (χ0v) is 11.3. The van der Waals surface area contributed by atoms with Crippen LogP contribution in [0.15, 0.2) is 18.2 Å². The lowest BCUT2D eigenvalue weighted by Crippen LogP contribution is -2.38. The predicted octanol–water partition coefficient (Wildman–Crippen LogP) is 2.44. The summed E-state index contributed by atoms with van der Waals surface area (Å²) in [7, 11) is 0. The minimum Gasteiger partial charge on any atom is -0.398 e. The minimum atomic E-state index is -0.221. The number of carbonyl (C=O) groups excluding carboxylic acids is 2. The quantitative estimate of drug-likeness (QED) is 0.621. The molecule has 0 radical (unpaired) electrons. The Hall–Kier alpha value is -1.84. The van der Waals surface area contributed by atoms with Gasteiger partial charge in [0.2, 0.25) is 0 Å². The topological polar surface area (TPSA) is 63.4 Å². The third-order valence-electron chi connectivity index (χ3n) is 4.29. The number of anilines is 1. The van der Waals surface area contributed by atoms with Crippen LogP contribution in [-0.4, -0.2) is 22.8 Å². The highest BCUT2D eigenvalue weighted by molar-refractivity contribution is 6.23. The highest BCUT2D eigenvalue weighted by atomic mass is 16.2. The van der Waals surface area contributed by atoms with E-state index in [-0.39, 0.29) is 23.3 Å². The molecule has 1 atom stereocenters. The number of nitrogens with zero attached hydrogens (tertiary/aromatic N) is 1. The van der Waals surface area contributed by atoms with Crippen molar-refractivity contribution in [1.29, 1.82) is 0 Å². The maximum atomic E-state index is 12.5. The first-order valence-corrected chi connectivity index (χ1v) is 6.67. The average molecular weight is 258 g/mol. The van der Waals surface area contributed by atoms with E-state index in [1.165, 1.54) is 4.90 Å². The largest absolute Gasteiger partial charge is 0.398 e. The Balaban J connectivity index is 1.98. The van der Waals surface area contributed by atoms with E-state index >= 15 is 0 Å². The number of nitrogens with two attached hydrogens (primary N) is 1. The Labute approximate surface area is 112 Å². The number of hydrogen-bond donors (Lipinski definition) is 1. The van der Waals surface area contributed by atoms with Crippen LogP contribution in [0.25, 0.3) is 0 Å². The first-order chi connectivity index (χ1) is 8.91. The molecule has 1 aliphatic carbocycles. The van der Waals surface area contributed by atoms with Crippen molar-refractivity contribution in [2.75, 3.05) is 5.73 Å². The summed E-state index contributed by atoms with van der Waals surface area (Å²) in [5, 5.41) is 0. The molecule has 2 aliphatic rings. The monoisotopic (exact) mass is 258 g/mol. The molecule has 0 spiro atoms. The summed E-state index contributed by atoms with van der Waals surface area (Å²) in [5.41, 5.74) is 7.28. The first-order valence-electron chi connectivity index (χ1n) is 6.67. The second-order valence-corrected chi connectivity index (χ2v) is 6.31. The molecule has 1 heterocycles. The highest BCUT2D eigenvalue weighted by Crippen LogP contribution is 2.42. The summed E-state index contributed by atoms with van der Waals surface area (Å²) in [6.45, 7) is 4.36. The standard InChI is InChI=1S/C15H18N2O2/c1-15(2)7-6-9(8-15)17-13(18)10-4-3-5-11(16)12(10)14(17)19/h3-5,9H,6-8,16H2,1-2H3. The third-order valence-corrected chi connectivity index (χ3v) is 4.29. The maximum absolute atomic E-state index is 12.5. The van der Waals surface area contributed by atoms with Gasteiger partial charge in [0.15, 0.2) is 0 Å². The molecule has 0 aromatic heterocycles. The Bertz CT molecular complexity index is 578. The van der Waals surface area contributed by atoms with Crippen LogP contribution in [0.5, 0.6) is 0 Å². The van der Waals surface area contributed by atoms with E-state index in [2.05, 4.69) is 13.8 Å². The van der Waals surface area contributed by atoms with E-state index in [1.54, 1.807) is 18.2 Å². The molecular formula is C15H18N2O2. The smallest absolute Gasteiger partial charge is 0.263 e. The first kappa shape index (κ1) is 12.2. The highest BCUT2D eigenvalue weighted by Gasteiger charge is 2.45. The average Bonchev–Trinajstić information content (AvgIpc) is 2.80. The maximum Gasteiger partial charge on any atom is 0.263 e. The van der Waals surface area contributed by atoms with Crippen molar-refractivity contribution < 1.29 is 9.59 Å². The van der Waals surface area contributed by atoms with Crippen molar-refractivity contribution in [3.63, 3.8) is 0 Å². The SMILES string of the molecule is CC1(C)CCC(N2C(=O)c3cccc(N)c3C2=O)C1. The Morgan fingerprint density at radius 2 is 2.00 bits per heavy atom. The molecule has 1 aromatic carbocycles. The molecule has 4 heteroatoms. The second kappa shape index (κ2) is 3.83. The van der Waals surface area contributed by atoms with E-state index < -0.39 is 0 Å². The molecule has 2 amide bonds. The number of hydrogen-bond acceptors (Lipinski definition) is 3. The number of fused-ring (bicyclic) bond motifs is 1. The lowest BCUT2D eigenvalue weighted by molar-refractivity contribution is 0.0581. The molecule has 19 heavy (non-hydrogen) atoms. The number of benzene rings is 1. The van der Waals surface area contributed by atoms with Gasteiger partial charge in [-0.15, -0.1) is 0 Å². The van der Waals surface area contributed by atoms with Crippen LogP contribution < -0.4 is 5.73 Å². The lowest BCUT2D eigenvalue weighted by atomic mass is 9.91. The number of carbonyl (C=O) groups is 2. The molecule has 0 saturated heterocycles. The van der Waals surface area contributed by atoms with Crippen molar-refractivity contribution >= 4 is 17.5 Å². The van der Waals surface area contributed by atoms with Crippen LogP contribution in [0.3, 0.4) is 0 Å². The summed E-state index contributed by atoms with van der Waals surface area (Å²) < 4.78 is 0. The van der Waals surface area contributed by atoms with Crippen molar-refractivity contribution in [1.82, 2.24) is 4.90 Å². The van der Waals surface area contributed by atoms with Gasteiger partial charge >= 0.3 is 0 Å². The zero-order valence-electron chi connectivity index (χ0n) is 11.3. The van der Waals surface area contributed by atoms with Gasteiger partial charge in [-0.1, -0.05) is 19.9 Å². The third kappa shape index (κ3) is 1.74. The fourth-order valence-electron chi connectivity index (χ4n) is 3.28. The molecule has 100 valence electrons. The van der Waals surface area contributed by atoms with Crippen LogP contribution in [0, 0.1) is 5.41 Å². The molecular weight excluding hydrogens is 240 g/mol. The summed E-state index contributed by atoms with van der Waals surface area (Å²) in [4.78, 5) is 26.3.